The summed E-state index contributed by atoms with van der Waals surface area (Å²) in [7, 11) is 0. The normalized spacial score (nSPS) is 9.79. The van der Waals surface area contributed by atoms with Gasteiger partial charge in [0.05, 0.1) is 0 Å². The van der Waals surface area contributed by atoms with E-state index in [0.717, 1.165) is 0 Å². The van der Waals surface area contributed by atoms with Gasteiger partial charge in [-0.05, 0) is 6.92 Å². The van der Waals surface area contributed by atoms with Crippen LogP contribution >= 0.6 is 11.5 Å². The second-order valence-corrected chi connectivity index (χ2v) is 3.42. The lowest BCUT2D eigenvalue weighted by Gasteiger charge is -2.16. The largest absolute Gasteiger partial charge is 0.480 e. The van der Waals surface area contributed by atoms with Crippen molar-refractivity contribution < 1.29 is 9.90 Å². The maximum absolute atomic E-state index is 10.5. The number of nitrogens with zero attached hydrogens (tertiary/aromatic N) is 3. The summed E-state index contributed by atoms with van der Waals surface area (Å²) >= 11 is 1.19. The summed E-state index contributed by atoms with van der Waals surface area (Å²) in [5, 5.41) is 9.27. The van der Waals surface area contributed by atoms with Crippen molar-refractivity contribution in [2.75, 3.05) is 18.0 Å². The van der Waals surface area contributed by atoms with Gasteiger partial charge < -0.3 is 10.0 Å². The van der Waals surface area contributed by atoms with Crippen LogP contribution in [0.4, 0.5) is 5.13 Å². The minimum Gasteiger partial charge on any atom is -0.480 e. The van der Waals surface area contributed by atoms with Crippen LogP contribution in [0.15, 0.2) is 12.7 Å². The van der Waals surface area contributed by atoms with Gasteiger partial charge in [0, 0.05) is 18.1 Å². The summed E-state index contributed by atoms with van der Waals surface area (Å²) < 4.78 is 3.99. The zero-order chi connectivity index (χ0) is 10.6. The highest BCUT2D eigenvalue weighted by Gasteiger charge is 2.12. The molecule has 1 aromatic heterocycles. The number of aliphatic carboxylic acids is 1. The van der Waals surface area contributed by atoms with Gasteiger partial charge in [-0.15, -0.1) is 6.58 Å². The third-order valence-electron chi connectivity index (χ3n) is 1.46. The van der Waals surface area contributed by atoms with Gasteiger partial charge in [-0.3, -0.25) is 4.79 Å². The summed E-state index contributed by atoms with van der Waals surface area (Å²) in [6.45, 7) is 5.71. The Labute approximate surface area is 85.9 Å². The fraction of sp³-hybridized carbons (Fsp3) is 0.375. The first-order valence-corrected chi connectivity index (χ1v) is 4.78. The first-order chi connectivity index (χ1) is 6.63. The van der Waals surface area contributed by atoms with E-state index >= 15 is 0 Å². The van der Waals surface area contributed by atoms with Crippen LogP contribution in [0.3, 0.4) is 0 Å². The van der Waals surface area contributed by atoms with Crippen molar-refractivity contribution in [2.24, 2.45) is 0 Å². The molecule has 0 atom stereocenters. The number of rotatable bonds is 5. The standard InChI is InChI=1S/C8H11N3O2S/c1-3-4-11(5-7(12)13)8-9-6(2)10-14-8/h3H,1,4-5H2,2H3,(H,12,13). The Kier molecular flexibility index (Phi) is 3.58. The molecule has 1 N–H and O–H groups in total. The van der Waals surface area contributed by atoms with E-state index in [0.29, 0.717) is 17.5 Å². The highest BCUT2D eigenvalue weighted by atomic mass is 32.1. The molecule has 6 heteroatoms. The minimum atomic E-state index is -0.889. The van der Waals surface area contributed by atoms with Crippen LogP contribution in [-0.2, 0) is 4.79 Å². The molecule has 0 amide bonds. The van der Waals surface area contributed by atoms with Crippen molar-refractivity contribution in [3.05, 3.63) is 18.5 Å². The molecule has 1 heterocycles. The van der Waals surface area contributed by atoms with Crippen LogP contribution in [0.25, 0.3) is 0 Å². The number of carboxylic acids is 1. The van der Waals surface area contributed by atoms with Crippen molar-refractivity contribution in [2.45, 2.75) is 6.92 Å². The molecule has 5 nitrogen and oxygen atoms in total. The molecular weight excluding hydrogens is 202 g/mol. The van der Waals surface area contributed by atoms with E-state index in [4.69, 9.17) is 5.11 Å². The number of anilines is 1. The van der Waals surface area contributed by atoms with Gasteiger partial charge in [0.1, 0.15) is 12.4 Å². The second kappa shape index (κ2) is 4.71. The van der Waals surface area contributed by atoms with Crippen LogP contribution in [0.1, 0.15) is 5.82 Å². The van der Waals surface area contributed by atoms with Crippen molar-refractivity contribution in [3.63, 3.8) is 0 Å². The Morgan fingerprint density at radius 3 is 2.93 bits per heavy atom. The zero-order valence-electron chi connectivity index (χ0n) is 7.80. The summed E-state index contributed by atoms with van der Waals surface area (Å²) in [6, 6.07) is 0. The van der Waals surface area contributed by atoms with E-state index in [1.54, 1.807) is 17.9 Å². The lowest BCUT2D eigenvalue weighted by atomic mass is 10.5. The van der Waals surface area contributed by atoms with Gasteiger partial charge in [-0.25, -0.2) is 4.98 Å². The maximum Gasteiger partial charge on any atom is 0.323 e. The molecule has 0 fully saturated rings. The molecular formula is C8H11N3O2S. The molecule has 0 bridgehead atoms. The van der Waals surface area contributed by atoms with Gasteiger partial charge in [0.25, 0.3) is 0 Å². The molecule has 0 aliphatic rings. The maximum atomic E-state index is 10.5. The third-order valence-corrected chi connectivity index (χ3v) is 2.33. The molecule has 0 aromatic carbocycles. The van der Waals surface area contributed by atoms with Crippen LogP contribution in [0, 0.1) is 6.92 Å². The molecule has 0 unspecified atom stereocenters. The van der Waals surface area contributed by atoms with Crippen molar-refractivity contribution in [1.82, 2.24) is 9.36 Å². The van der Waals surface area contributed by atoms with E-state index in [-0.39, 0.29) is 6.54 Å². The molecule has 0 saturated carbocycles. The first-order valence-electron chi connectivity index (χ1n) is 4.01. The molecule has 76 valence electrons. The number of carbonyl (C=O) groups is 1. The lowest BCUT2D eigenvalue weighted by Crippen LogP contribution is -2.29. The van der Waals surface area contributed by atoms with Crippen LogP contribution in [0.5, 0.6) is 0 Å². The van der Waals surface area contributed by atoms with E-state index in [9.17, 15) is 4.79 Å². The van der Waals surface area contributed by atoms with Gasteiger partial charge >= 0.3 is 5.97 Å². The van der Waals surface area contributed by atoms with Crippen molar-refractivity contribution in [1.29, 1.82) is 0 Å². The topological polar surface area (TPSA) is 66.3 Å². The molecule has 14 heavy (non-hydrogen) atoms. The summed E-state index contributed by atoms with van der Waals surface area (Å²) in [5.74, 6) is -0.232. The van der Waals surface area contributed by atoms with E-state index < -0.39 is 5.97 Å². The SMILES string of the molecule is C=CCN(CC(=O)O)c1nc(C)ns1. The smallest absolute Gasteiger partial charge is 0.323 e. The third kappa shape index (κ3) is 2.81. The molecule has 0 saturated heterocycles. The van der Waals surface area contributed by atoms with Crippen molar-refractivity contribution >= 4 is 22.6 Å². The molecule has 0 aliphatic heterocycles. The Morgan fingerprint density at radius 2 is 2.50 bits per heavy atom. The number of carboxylic acid groups (broad SMARTS) is 1. The Bertz CT molecular complexity index is 337. The van der Waals surface area contributed by atoms with Crippen molar-refractivity contribution in [3.8, 4) is 0 Å². The first kappa shape index (κ1) is 10.6. The molecule has 0 aliphatic carbocycles. The summed E-state index contributed by atoms with van der Waals surface area (Å²) in [4.78, 5) is 16.3. The molecule has 1 rings (SSSR count). The van der Waals surface area contributed by atoms with Crippen LogP contribution in [-0.4, -0.2) is 33.5 Å². The van der Waals surface area contributed by atoms with E-state index in [2.05, 4.69) is 15.9 Å². The van der Waals surface area contributed by atoms with Gasteiger partial charge in [0.2, 0.25) is 5.13 Å². The highest BCUT2D eigenvalue weighted by Crippen LogP contribution is 2.16. The quantitative estimate of drug-likeness (QED) is 0.737. The number of aromatic nitrogens is 2. The highest BCUT2D eigenvalue weighted by molar-refractivity contribution is 7.09. The monoisotopic (exact) mass is 213 g/mol. The fourth-order valence-corrected chi connectivity index (χ4v) is 1.63. The Morgan fingerprint density at radius 1 is 1.79 bits per heavy atom. The van der Waals surface area contributed by atoms with Gasteiger partial charge in [-0.1, -0.05) is 6.08 Å². The average molecular weight is 213 g/mol. The lowest BCUT2D eigenvalue weighted by molar-refractivity contribution is -0.135. The predicted molar refractivity (Wildman–Crippen MR) is 54.7 cm³/mol. The van der Waals surface area contributed by atoms with Crippen LogP contribution in [0.2, 0.25) is 0 Å². The number of aryl methyl sites for hydroxylation is 1. The fourth-order valence-electron chi connectivity index (χ4n) is 0.944. The van der Waals surface area contributed by atoms with Gasteiger partial charge in [-0.2, -0.15) is 4.37 Å². The van der Waals surface area contributed by atoms with E-state index in [1.807, 2.05) is 0 Å². The van der Waals surface area contributed by atoms with E-state index in [1.165, 1.54) is 11.5 Å². The number of hydrogen-bond acceptors (Lipinski definition) is 5. The molecule has 0 radical (unpaired) electrons. The average Bonchev–Trinajstić information content (AvgIpc) is 2.50. The minimum absolute atomic E-state index is 0.0827. The molecule has 1 aromatic rings. The second-order valence-electron chi connectivity index (χ2n) is 2.69. The summed E-state index contributed by atoms with van der Waals surface area (Å²) in [6.07, 6.45) is 1.64. The Hall–Kier alpha value is -1.43. The number of hydrogen-bond donors (Lipinski definition) is 1. The van der Waals surface area contributed by atoms with Crippen LogP contribution < -0.4 is 4.90 Å². The van der Waals surface area contributed by atoms with Gasteiger partial charge in [0.15, 0.2) is 0 Å². The zero-order valence-corrected chi connectivity index (χ0v) is 8.62. The Balaban J connectivity index is 2.76. The summed E-state index contributed by atoms with van der Waals surface area (Å²) in [5.41, 5.74) is 0. The molecule has 0 spiro atoms. The predicted octanol–water partition coefficient (Wildman–Crippen LogP) is 0.924.